The van der Waals surface area contributed by atoms with Crippen LogP contribution in [0.1, 0.15) is 11.1 Å². The minimum Gasteiger partial charge on any atom is -0.486 e. The molecule has 0 saturated carbocycles. The van der Waals surface area contributed by atoms with E-state index < -0.39 is 0 Å². The van der Waals surface area contributed by atoms with Crippen LogP contribution < -0.4 is 4.74 Å². The van der Waals surface area contributed by atoms with Crippen molar-refractivity contribution in [3.63, 3.8) is 0 Å². The molecule has 1 nitrogen and oxygen atoms in total. The fourth-order valence-corrected chi connectivity index (χ4v) is 2.10. The Morgan fingerprint density at radius 1 is 1.25 bits per heavy atom. The Hall–Kier alpha value is -1.06. The molecular formula is C12H10ClFOS. The van der Waals surface area contributed by atoms with Crippen LogP contribution in [0, 0.1) is 5.82 Å². The van der Waals surface area contributed by atoms with E-state index in [1.54, 1.807) is 23.5 Å². The average Bonchev–Trinajstić information content (AvgIpc) is 2.80. The number of halogens is 2. The van der Waals surface area contributed by atoms with Crippen molar-refractivity contribution >= 4 is 22.9 Å². The maximum atomic E-state index is 13.5. The number of hydrogen-bond donors (Lipinski definition) is 0. The minimum absolute atomic E-state index is 0.264. The molecule has 0 amide bonds. The maximum absolute atomic E-state index is 13.5. The Labute approximate surface area is 102 Å². The second-order valence-electron chi connectivity index (χ2n) is 3.32. The lowest BCUT2D eigenvalue weighted by Crippen LogP contribution is -1.96. The lowest BCUT2D eigenvalue weighted by atomic mass is 10.2. The van der Waals surface area contributed by atoms with Gasteiger partial charge in [-0.25, -0.2) is 4.39 Å². The standard InChI is InChI=1S/C12H10ClFOS/c13-6-9-1-2-12(11(14)5-9)15-7-10-3-4-16-8-10/h1-5,8H,6-7H2. The quantitative estimate of drug-likeness (QED) is 0.745. The molecule has 84 valence electrons. The summed E-state index contributed by atoms with van der Waals surface area (Å²) in [5.41, 5.74) is 1.80. The smallest absolute Gasteiger partial charge is 0.165 e. The van der Waals surface area contributed by atoms with Crippen LogP contribution in [0.2, 0.25) is 0 Å². The topological polar surface area (TPSA) is 9.23 Å². The monoisotopic (exact) mass is 256 g/mol. The lowest BCUT2D eigenvalue weighted by molar-refractivity contribution is 0.290. The maximum Gasteiger partial charge on any atom is 0.165 e. The second-order valence-corrected chi connectivity index (χ2v) is 4.37. The summed E-state index contributed by atoms with van der Waals surface area (Å²) < 4.78 is 18.9. The molecule has 0 aliphatic rings. The first-order chi connectivity index (χ1) is 7.79. The number of thiophene rings is 1. The first kappa shape index (κ1) is 11.4. The third kappa shape index (κ3) is 2.74. The highest BCUT2D eigenvalue weighted by molar-refractivity contribution is 7.07. The first-order valence-electron chi connectivity index (χ1n) is 4.78. The van der Waals surface area contributed by atoms with E-state index in [0.29, 0.717) is 12.5 Å². The van der Waals surface area contributed by atoms with E-state index in [1.807, 2.05) is 16.8 Å². The molecule has 0 aliphatic carbocycles. The van der Waals surface area contributed by atoms with Gasteiger partial charge in [-0.2, -0.15) is 11.3 Å². The van der Waals surface area contributed by atoms with Crippen LogP contribution in [0.15, 0.2) is 35.0 Å². The van der Waals surface area contributed by atoms with E-state index >= 15 is 0 Å². The van der Waals surface area contributed by atoms with Crippen molar-refractivity contribution in [3.05, 3.63) is 52.0 Å². The van der Waals surface area contributed by atoms with Gasteiger partial charge in [-0.3, -0.25) is 0 Å². The summed E-state index contributed by atoms with van der Waals surface area (Å²) in [6.45, 7) is 0.390. The van der Waals surface area contributed by atoms with Crippen LogP contribution >= 0.6 is 22.9 Å². The zero-order valence-corrected chi connectivity index (χ0v) is 10.0. The molecule has 2 rings (SSSR count). The van der Waals surface area contributed by atoms with Crippen LogP contribution in [0.3, 0.4) is 0 Å². The van der Waals surface area contributed by atoms with E-state index in [1.165, 1.54) is 6.07 Å². The van der Waals surface area contributed by atoms with Crippen molar-refractivity contribution in [2.24, 2.45) is 0 Å². The first-order valence-corrected chi connectivity index (χ1v) is 6.25. The Bertz CT molecular complexity index is 456. The predicted molar refractivity (Wildman–Crippen MR) is 64.6 cm³/mol. The molecule has 0 atom stereocenters. The van der Waals surface area contributed by atoms with Gasteiger partial charge >= 0.3 is 0 Å². The zero-order chi connectivity index (χ0) is 11.4. The predicted octanol–water partition coefficient (Wildman–Crippen LogP) is 4.21. The van der Waals surface area contributed by atoms with Crippen molar-refractivity contribution < 1.29 is 9.13 Å². The Kier molecular flexibility index (Phi) is 3.80. The minimum atomic E-state index is -0.367. The summed E-state index contributed by atoms with van der Waals surface area (Å²) in [7, 11) is 0. The molecule has 0 unspecified atom stereocenters. The average molecular weight is 257 g/mol. The fourth-order valence-electron chi connectivity index (χ4n) is 1.28. The van der Waals surface area contributed by atoms with Gasteiger partial charge in [0.2, 0.25) is 0 Å². The van der Waals surface area contributed by atoms with Gasteiger partial charge in [-0.15, -0.1) is 11.6 Å². The van der Waals surface area contributed by atoms with Gasteiger partial charge < -0.3 is 4.74 Å². The Morgan fingerprint density at radius 2 is 2.12 bits per heavy atom. The summed E-state index contributed by atoms with van der Waals surface area (Å²) >= 11 is 7.20. The van der Waals surface area contributed by atoms with Crippen LogP contribution in [-0.2, 0) is 12.5 Å². The highest BCUT2D eigenvalue weighted by atomic mass is 35.5. The van der Waals surface area contributed by atoms with E-state index in [9.17, 15) is 4.39 Å². The lowest BCUT2D eigenvalue weighted by Gasteiger charge is -2.06. The highest BCUT2D eigenvalue weighted by Gasteiger charge is 2.04. The Balaban J connectivity index is 2.04. The third-order valence-corrected chi connectivity index (χ3v) is 3.17. The van der Waals surface area contributed by atoms with Crippen molar-refractivity contribution in [3.8, 4) is 5.75 Å². The van der Waals surface area contributed by atoms with Gasteiger partial charge in [0, 0.05) is 5.88 Å². The molecule has 1 heterocycles. The van der Waals surface area contributed by atoms with Crippen LogP contribution in [0.4, 0.5) is 4.39 Å². The van der Waals surface area contributed by atoms with Crippen molar-refractivity contribution in [2.75, 3.05) is 0 Å². The molecule has 1 aromatic carbocycles. The molecule has 0 fully saturated rings. The Morgan fingerprint density at radius 3 is 2.75 bits per heavy atom. The summed E-state index contributed by atoms with van der Waals surface area (Å²) in [6, 6.07) is 6.73. The van der Waals surface area contributed by atoms with Crippen molar-refractivity contribution in [1.82, 2.24) is 0 Å². The van der Waals surface area contributed by atoms with E-state index in [0.717, 1.165) is 11.1 Å². The molecule has 0 bridgehead atoms. The molecule has 16 heavy (non-hydrogen) atoms. The summed E-state index contributed by atoms with van der Waals surface area (Å²) in [4.78, 5) is 0. The number of rotatable bonds is 4. The van der Waals surface area contributed by atoms with E-state index in [4.69, 9.17) is 16.3 Å². The van der Waals surface area contributed by atoms with Crippen LogP contribution in [0.25, 0.3) is 0 Å². The SMILES string of the molecule is Fc1cc(CCl)ccc1OCc1ccsc1. The van der Waals surface area contributed by atoms with Crippen molar-refractivity contribution in [2.45, 2.75) is 12.5 Å². The summed E-state index contributed by atoms with van der Waals surface area (Å²) in [5, 5.41) is 3.94. The summed E-state index contributed by atoms with van der Waals surface area (Å²) in [5.74, 6) is 0.204. The molecule has 4 heteroatoms. The van der Waals surface area contributed by atoms with Crippen molar-refractivity contribution in [1.29, 1.82) is 0 Å². The summed E-state index contributed by atoms with van der Waals surface area (Å²) in [6.07, 6.45) is 0. The van der Waals surface area contributed by atoms with Gasteiger partial charge in [0.1, 0.15) is 6.61 Å². The molecule has 1 aromatic heterocycles. The third-order valence-electron chi connectivity index (χ3n) is 2.13. The normalized spacial score (nSPS) is 10.4. The molecule has 0 radical (unpaired) electrons. The van der Waals surface area contributed by atoms with Gasteiger partial charge in [0.05, 0.1) is 0 Å². The van der Waals surface area contributed by atoms with Gasteiger partial charge in [-0.05, 0) is 40.1 Å². The molecule has 0 aliphatic heterocycles. The van der Waals surface area contributed by atoms with E-state index in [-0.39, 0.29) is 11.6 Å². The van der Waals surface area contributed by atoms with Crippen LogP contribution in [0.5, 0.6) is 5.75 Å². The van der Waals surface area contributed by atoms with E-state index in [2.05, 4.69) is 0 Å². The number of hydrogen-bond acceptors (Lipinski definition) is 2. The van der Waals surface area contributed by atoms with Gasteiger partial charge in [-0.1, -0.05) is 6.07 Å². The largest absolute Gasteiger partial charge is 0.486 e. The molecule has 0 spiro atoms. The second kappa shape index (κ2) is 5.32. The van der Waals surface area contributed by atoms with Gasteiger partial charge in [0.25, 0.3) is 0 Å². The molecule has 0 N–H and O–H groups in total. The van der Waals surface area contributed by atoms with Gasteiger partial charge in [0.15, 0.2) is 11.6 Å². The molecule has 0 saturated heterocycles. The number of ether oxygens (including phenoxy) is 1. The molecular weight excluding hydrogens is 247 g/mol. The highest BCUT2D eigenvalue weighted by Crippen LogP contribution is 2.20. The number of alkyl halides is 1. The van der Waals surface area contributed by atoms with Crippen LogP contribution in [-0.4, -0.2) is 0 Å². The zero-order valence-electron chi connectivity index (χ0n) is 8.45. The fraction of sp³-hybridized carbons (Fsp3) is 0.167. The number of benzene rings is 1. The molecule has 2 aromatic rings.